The predicted octanol–water partition coefficient (Wildman–Crippen LogP) is 2.36. The van der Waals surface area contributed by atoms with E-state index in [0.29, 0.717) is 23.1 Å². The highest BCUT2D eigenvalue weighted by Gasteiger charge is 2.26. The number of hydrogen-bond acceptors (Lipinski definition) is 4. The Morgan fingerprint density at radius 3 is 2.27 bits per heavy atom. The van der Waals surface area contributed by atoms with Crippen molar-refractivity contribution in [2.75, 3.05) is 26.8 Å². The maximum atomic E-state index is 12.2. The minimum Gasteiger partial charge on any atom is -0.497 e. The standard InChI is InChI=1S/C17H23NO4/c1-12-8-13(2)10-18(9-12)16(19)11-22-17(20)14-4-6-15(21-3)7-5-14/h4-7,12-13H,8-11H2,1-3H3/t12-,13-/m1/s1. The highest BCUT2D eigenvalue weighted by atomic mass is 16.5. The van der Waals surface area contributed by atoms with Gasteiger partial charge in [0.2, 0.25) is 0 Å². The van der Waals surface area contributed by atoms with Gasteiger partial charge >= 0.3 is 5.97 Å². The number of piperidine rings is 1. The highest BCUT2D eigenvalue weighted by molar-refractivity contribution is 5.91. The van der Waals surface area contributed by atoms with Gasteiger partial charge in [0.05, 0.1) is 12.7 Å². The lowest BCUT2D eigenvalue weighted by molar-refractivity contribution is -0.137. The van der Waals surface area contributed by atoms with Crippen LogP contribution in [0.3, 0.4) is 0 Å². The maximum absolute atomic E-state index is 12.2. The lowest BCUT2D eigenvalue weighted by Crippen LogP contribution is -2.44. The van der Waals surface area contributed by atoms with Crippen LogP contribution in [0.2, 0.25) is 0 Å². The van der Waals surface area contributed by atoms with Crippen molar-refractivity contribution in [3.63, 3.8) is 0 Å². The first-order chi connectivity index (χ1) is 10.5. The second-order valence-electron chi connectivity index (χ2n) is 6.05. The number of benzene rings is 1. The van der Waals surface area contributed by atoms with Gasteiger partial charge in [-0.05, 0) is 42.5 Å². The number of methoxy groups -OCH3 is 1. The molecule has 1 aromatic carbocycles. The van der Waals surface area contributed by atoms with Gasteiger partial charge in [-0.25, -0.2) is 4.79 Å². The van der Waals surface area contributed by atoms with Crippen molar-refractivity contribution in [1.82, 2.24) is 4.90 Å². The summed E-state index contributed by atoms with van der Waals surface area (Å²) < 4.78 is 10.1. The number of rotatable bonds is 4. The number of ether oxygens (including phenoxy) is 2. The van der Waals surface area contributed by atoms with Gasteiger partial charge in [-0.1, -0.05) is 13.8 Å². The van der Waals surface area contributed by atoms with E-state index < -0.39 is 5.97 Å². The fourth-order valence-electron chi connectivity index (χ4n) is 2.90. The summed E-state index contributed by atoms with van der Waals surface area (Å²) in [6.45, 7) is 5.55. The molecule has 1 saturated heterocycles. The summed E-state index contributed by atoms with van der Waals surface area (Å²) in [6.07, 6.45) is 1.13. The van der Waals surface area contributed by atoms with Crippen LogP contribution in [0.15, 0.2) is 24.3 Å². The van der Waals surface area contributed by atoms with Gasteiger partial charge < -0.3 is 14.4 Å². The van der Waals surface area contributed by atoms with Gasteiger partial charge in [-0.15, -0.1) is 0 Å². The van der Waals surface area contributed by atoms with E-state index in [9.17, 15) is 9.59 Å². The Morgan fingerprint density at radius 2 is 1.73 bits per heavy atom. The largest absolute Gasteiger partial charge is 0.497 e. The molecule has 120 valence electrons. The molecule has 0 spiro atoms. The highest BCUT2D eigenvalue weighted by Crippen LogP contribution is 2.21. The summed E-state index contributed by atoms with van der Waals surface area (Å²) in [4.78, 5) is 25.9. The molecule has 1 fully saturated rings. The number of hydrogen-bond donors (Lipinski definition) is 0. The first-order valence-corrected chi connectivity index (χ1v) is 7.58. The monoisotopic (exact) mass is 305 g/mol. The Kier molecular flexibility index (Phi) is 5.41. The van der Waals surface area contributed by atoms with Gasteiger partial charge in [0, 0.05) is 13.1 Å². The van der Waals surface area contributed by atoms with E-state index in [2.05, 4.69) is 13.8 Å². The van der Waals surface area contributed by atoms with Crippen LogP contribution >= 0.6 is 0 Å². The molecule has 1 amide bonds. The fourth-order valence-corrected chi connectivity index (χ4v) is 2.90. The van der Waals surface area contributed by atoms with Crippen LogP contribution in [0.25, 0.3) is 0 Å². The van der Waals surface area contributed by atoms with E-state index in [0.717, 1.165) is 19.5 Å². The number of esters is 1. The Bertz CT molecular complexity index is 516. The second kappa shape index (κ2) is 7.29. The Morgan fingerprint density at radius 1 is 1.14 bits per heavy atom. The molecule has 0 aromatic heterocycles. The van der Waals surface area contributed by atoms with Crippen LogP contribution in [-0.2, 0) is 9.53 Å². The van der Waals surface area contributed by atoms with Crippen LogP contribution in [0.1, 0.15) is 30.6 Å². The van der Waals surface area contributed by atoms with Crippen molar-refractivity contribution < 1.29 is 19.1 Å². The zero-order chi connectivity index (χ0) is 16.1. The van der Waals surface area contributed by atoms with Crippen molar-refractivity contribution >= 4 is 11.9 Å². The minimum absolute atomic E-state index is 0.125. The zero-order valence-corrected chi connectivity index (χ0v) is 13.4. The van der Waals surface area contributed by atoms with Crippen molar-refractivity contribution in [2.45, 2.75) is 20.3 Å². The molecule has 1 aromatic rings. The second-order valence-corrected chi connectivity index (χ2v) is 6.05. The van der Waals surface area contributed by atoms with Gasteiger partial charge in [0.1, 0.15) is 5.75 Å². The van der Waals surface area contributed by atoms with Crippen LogP contribution in [0.4, 0.5) is 0 Å². The molecule has 0 bridgehead atoms. The predicted molar refractivity (Wildman–Crippen MR) is 82.8 cm³/mol. The van der Waals surface area contributed by atoms with Crippen LogP contribution in [0.5, 0.6) is 5.75 Å². The molecule has 2 atom stereocenters. The summed E-state index contributed by atoms with van der Waals surface area (Å²) in [7, 11) is 1.56. The molecule has 0 saturated carbocycles. The molecular weight excluding hydrogens is 282 g/mol. The molecular formula is C17H23NO4. The third kappa shape index (κ3) is 4.23. The van der Waals surface area contributed by atoms with Gasteiger partial charge in [-0.3, -0.25) is 4.79 Å². The maximum Gasteiger partial charge on any atom is 0.338 e. The van der Waals surface area contributed by atoms with Crippen LogP contribution in [-0.4, -0.2) is 43.6 Å². The lowest BCUT2D eigenvalue weighted by atomic mass is 9.92. The Hall–Kier alpha value is -2.04. The third-order valence-electron chi connectivity index (χ3n) is 3.87. The van der Waals surface area contributed by atoms with Crippen molar-refractivity contribution in [2.24, 2.45) is 11.8 Å². The summed E-state index contributed by atoms with van der Waals surface area (Å²) in [5.74, 6) is 1.04. The summed E-state index contributed by atoms with van der Waals surface area (Å²) in [5.41, 5.74) is 0.411. The van der Waals surface area contributed by atoms with E-state index in [-0.39, 0.29) is 12.5 Å². The Balaban J connectivity index is 1.85. The topological polar surface area (TPSA) is 55.8 Å². The normalized spacial score (nSPS) is 21.3. The number of carbonyl (C=O) groups is 2. The smallest absolute Gasteiger partial charge is 0.338 e. The number of carbonyl (C=O) groups excluding carboxylic acids is 2. The summed E-state index contributed by atoms with van der Waals surface area (Å²) in [5, 5.41) is 0. The van der Waals surface area contributed by atoms with Crippen molar-refractivity contribution in [1.29, 1.82) is 0 Å². The molecule has 0 unspecified atom stereocenters. The Labute approximate surface area is 131 Å². The third-order valence-corrected chi connectivity index (χ3v) is 3.87. The van der Waals surface area contributed by atoms with Crippen LogP contribution < -0.4 is 4.74 Å². The van der Waals surface area contributed by atoms with E-state index >= 15 is 0 Å². The number of amides is 1. The molecule has 1 aliphatic rings. The van der Waals surface area contributed by atoms with Gasteiger partial charge in [-0.2, -0.15) is 0 Å². The van der Waals surface area contributed by atoms with Crippen LogP contribution in [0, 0.1) is 11.8 Å². The average Bonchev–Trinajstić information content (AvgIpc) is 2.51. The molecule has 22 heavy (non-hydrogen) atoms. The summed E-state index contributed by atoms with van der Waals surface area (Å²) >= 11 is 0. The number of likely N-dealkylation sites (tertiary alicyclic amines) is 1. The first kappa shape index (κ1) is 16.3. The molecule has 0 aliphatic carbocycles. The molecule has 5 heteroatoms. The molecule has 2 rings (SSSR count). The molecule has 1 heterocycles. The van der Waals surface area contributed by atoms with Gasteiger partial charge in [0.15, 0.2) is 6.61 Å². The van der Waals surface area contributed by atoms with E-state index in [1.54, 1.807) is 36.3 Å². The van der Waals surface area contributed by atoms with E-state index in [1.807, 2.05) is 0 Å². The van der Waals surface area contributed by atoms with Crippen molar-refractivity contribution in [3.05, 3.63) is 29.8 Å². The molecule has 1 aliphatic heterocycles. The zero-order valence-electron chi connectivity index (χ0n) is 13.4. The molecule has 0 N–H and O–H groups in total. The van der Waals surface area contributed by atoms with Gasteiger partial charge in [0.25, 0.3) is 5.91 Å². The quantitative estimate of drug-likeness (QED) is 0.801. The van der Waals surface area contributed by atoms with E-state index in [4.69, 9.17) is 9.47 Å². The SMILES string of the molecule is COc1ccc(C(=O)OCC(=O)N2C[C@H](C)C[C@@H](C)C2)cc1. The summed E-state index contributed by atoms with van der Waals surface area (Å²) in [6, 6.07) is 6.62. The number of nitrogens with zero attached hydrogens (tertiary/aromatic N) is 1. The first-order valence-electron chi connectivity index (χ1n) is 7.58. The minimum atomic E-state index is -0.492. The fraction of sp³-hybridized carbons (Fsp3) is 0.529. The molecule has 5 nitrogen and oxygen atoms in total. The molecule has 0 radical (unpaired) electrons. The lowest BCUT2D eigenvalue weighted by Gasteiger charge is -2.34. The van der Waals surface area contributed by atoms with Crippen molar-refractivity contribution in [3.8, 4) is 5.75 Å². The average molecular weight is 305 g/mol. The van der Waals surface area contributed by atoms with E-state index in [1.165, 1.54) is 0 Å².